The molecule has 0 atom stereocenters. The van der Waals surface area contributed by atoms with Crippen molar-refractivity contribution in [2.24, 2.45) is 0 Å². The Kier molecular flexibility index (Phi) is 7.73. The molecule has 2 aromatic rings. The van der Waals surface area contributed by atoms with Crippen molar-refractivity contribution in [2.75, 3.05) is 0 Å². The normalized spacial score (nSPS) is 10.9. The molecule has 0 aliphatic rings. The molecule has 2 rings (SSSR count). The second-order valence-corrected chi connectivity index (χ2v) is 6.42. The number of hydrogen-bond donors (Lipinski definition) is 0. The molecular weight excluding hydrogens is 294 g/mol. The first-order chi connectivity index (χ1) is 11.8. The van der Waals surface area contributed by atoms with Gasteiger partial charge in [0, 0.05) is 12.8 Å². The van der Waals surface area contributed by atoms with Crippen LogP contribution in [0.15, 0.2) is 30.8 Å². The monoisotopic (exact) mass is 325 g/mol. The van der Waals surface area contributed by atoms with Crippen molar-refractivity contribution < 1.29 is 0 Å². The Bertz CT molecular complexity index is 611. The van der Waals surface area contributed by atoms with E-state index in [0.29, 0.717) is 0 Å². The molecule has 0 unspecified atom stereocenters. The summed E-state index contributed by atoms with van der Waals surface area (Å²) in [6, 6.07) is 8.51. The molecule has 130 valence electrons. The van der Waals surface area contributed by atoms with Gasteiger partial charge in [-0.05, 0) is 17.5 Å². The van der Waals surface area contributed by atoms with Crippen LogP contribution in [0.3, 0.4) is 0 Å². The maximum Gasteiger partial charge on any atom is 0.150 e. The van der Waals surface area contributed by atoms with E-state index in [0.717, 1.165) is 36.6 Å². The number of nitrogens with zero attached hydrogens (tertiary/aromatic N) is 3. The van der Waals surface area contributed by atoms with Gasteiger partial charge >= 0.3 is 0 Å². The molecule has 0 aliphatic carbocycles. The topological polar surface area (TPSA) is 30.7 Å². The Morgan fingerprint density at radius 1 is 1.00 bits per heavy atom. The van der Waals surface area contributed by atoms with E-state index in [-0.39, 0.29) is 0 Å². The third-order valence-corrected chi connectivity index (χ3v) is 4.41. The number of aromatic nitrogens is 3. The Morgan fingerprint density at radius 3 is 2.38 bits per heavy atom. The predicted molar refractivity (Wildman–Crippen MR) is 102 cm³/mol. The molecule has 0 aliphatic heterocycles. The number of aryl methyl sites for hydroxylation is 2. The Balaban J connectivity index is 1.95. The van der Waals surface area contributed by atoms with Crippen LogP contribution >= 0.6 is 0 Å². The van der Waals surface area contributed by atoms with Crippen molar-refractivity contribution >= 4 is 6.08 Å². The molecular formula is C21H31N3. The van der Waals surface area contributed by atoms with Crippen molar-refractivity contribution in [1.82, 2.24) is 14.8 Å². The predicted octanol–water partition coefficient (Wildman–Crippen LogP) is 5.43. The highest BCUT2D eigenvalue weighted by Crippen LogP contribution is 2.12. The third kappa shape index (κ3) is 5.63. The van der Waals surface area contributed by atoms with E-state index >= 15 is 0 Å². The fourth-order valence-electron chi connectivity index (χ4n) is 2.88. The van der Waals surface area contributed by atoms with Crippen LogP contribution in [-0.4, -0.2) is 14.8 Å². The molecule has 3 nitrogen and oxygen atoms in total. The summed E-state index contributed by atoms with van der Waals surface area (Å²) < 4.78 is 2.09. The molecule has 0 amide bonds. The maximum absolute atomic E-state index is 4.73. The van der Waals surface area contributed by atoms with Crippen LogP contribution < -0.4 is 0 Å². The summed E-state index contributed by atoms with van der Waals surface area (Å²) in [4.78, 5) is 4.73. The Labute approximate surface area is 146 Å². The summed E-state index contributed by atoms with van der Waals surface area (Å²) in [5.74, 6) is 2.09. The van der Waals surface area contributed by atoms with Crippen molar-refractivity contribution in [1.29, 1.82) is 0 Å². The van der Waals surface area contributed by atoms with E-state index < -0.39 is 0 Å². The van der Waals surface area contributed by atoms with Gasteiger partial charge in [0.15, 0.2) is 5.82 Å². The maximum atomic E-state index is 4.73. The van der Waals surface area contributed by atoms with Gasteiger partial charge in [0.05, 0.1) is 6.54 Å². The summed E-state index contributed by atoms with van der Waals surface area (Å²) in [6.07, 6.45) is 11.7. The highest BCUT2D eigenvalue weighted by atomic mass is 15.3. The lowest BCUT2D eigenvalue weighted by Gasteiger charge is -2.07. The van der Waals surface area contributed by atoms with Crippen LogP contribution in [0.1, 0.15) is 75.1 Å². The van der Waals surface area contributed by atoms with Crippen LogP contribution in [-0.2, 0) is 19.4 Å². The van der Waals surface area contributed by atoms with Crippen molar-refractivity contribution in [2.45, 2.75) is 71.8 Å². The fourth-order valence-corrected chi connectivity index (χ4v) is 2.88. The molecule has 24 heavy (non-hydrogen) atoms. The third-order valence-electron chi connectivity index (χ3n) is 4.41. The average molecular weight is 326 g/mol. The highest BCUT2D eigenvalue weighted by molar-refractivity contribution is 5.47. The first kappa shape index (κ1) is 18.4. The van der Waals surface area contributed by atoms with Crippen molar-refractivity contribution in [3.8, 4) is 0 Å². The summed E-state index contributed by atoms with van der Waals surface area (Å²) in [5, 5.41) is 4.68. The fraction of sp³-hybridized carbons (Fsp3) is 0.524. The van der Waals surface area contributed by atoms with Gasteiger partial charge in [0.1, 0.15) is 5.82 Å². The summed E-state index contributed by atoms with van der Waals surface area (Å²) in [6.45, 7) is 8.99. The minimum Gasteiger partial charge on any atom is -0.245 e. The first-order valence-electron chi connectivity index (χ1n) is 9.40. The van der Waals surface area contributed by atoms with Crippen LogP contribution in [0.4, 0.5) is 0 Å². The first-order valence-corrected chi connectivity index (χ1v) is 9.40. The van der Waals surface area contributed by atoms with E-state index in [2.05, 4.69) is 54.5 Å². The molecule has 0 bridgehead atoms. The van der Waals surface area contributed by atoms with E-state index in [9.17, 15) is 0 Å². The zero-order chi connectivity index (χ0) is 17.2. The highest BCUT2D eigenvalue weighted by Gasteiger charge is 2.09. The molecule has 3 heteroatoms. The SMILES string of the molecule is C=Cc1ccc(Cn2nc(CC)nc2CCCCCCCC)cc1. The second kappa shape index (κ2) is 10.1. The lowest BCUT2D eigenvalue weighted by molar-refractivity contribution is 0.575. The quantitative estimate of drug-likeness (QED) is 0.515. The second-order valence-electron chi connectivity index (χ2n) is 6.42. The van der Waals surface area contributed by atoms with E-state index in [1.807, 2.05) is 6.08 Å². The molecule has 1 aromatic carbocycles. The van der Waals surface area contributed by atoms with E-state index in [4.69, 9.17) is 4.98 Å². The van der Waals surface area contributed by atoms with Gasteiger partial charge in [-0.15, -0.1) is 0 Å². The average Bonchev–Trinajstić information content (AvgIpc) is 3.00. The van der Waals surface area contributed by atoms with E-state index in [1.165, 1.54) is 44.1 Å². The molecule has 0 spiro atoms. The molecule has 0 N–H and O–H groups in total. The van der Waals surface area contributed by atoms with Gasteiger partial charge in [0.2, 0.25) is 0 Å². The van der Waals surface area contributed by atoms with Crippen LogP contribution in [0.2, 0.25) is 0 Å². The minimum atomic E-state index is 0.801. The molecule has 0 saturated carbocycles. The molecule has 0 radical (unpaired) electrons. The van der Waals surface area contributed by atoms with Gasteiger partial charge in [0.25, 0.3) is 0 Å². The van der Waals surface area contributed by atoms with Gasteiger partial charge in [-0.1, -0.05) is 82.9 Å². The van der Waals surface area contributed by atoms with Gasteiger partial charge in [-0.25, -0.2) is 9.67 Å². The van der Waals surface area contributed by atoms with Gasteiger partial charge in [-0.2, -0.15) is 5.10 Å². The molecule has 0 fully saturated rings. The number of hydrogen-bond acceptors (Lipinski definition) is 2. The molecule has 1 aromatic heterocycles. The Hall–Kier alpha value is -1.90. The number of benzene rings is 1. The summed E-state index contributed by atoms with van der Waals surface area (Å²) in [7, 11) is 0. The summed E-state index contributed by atoms with van der Waals surface area (Å²) in [5.41, 5.74) is 2.41. The van der Waals surface area contributed by atoms with Crippen molar-refractivity contribution in [3.63, 3.8) is 0 Å². The lowest BCUT2D eigenvalue weighted by atomic mass is 10.1. The summed E-state index contributed by atoms with van der Waals surface area (Å²) >= 11 is 0. The van der Waals surface area contributed by atoms with E-state index in [1.54, 1.807) is 0 Å². The Morgan fingerprint density at radius 2 is 1.71 bits per heavy atom. The standard InChI is InChI=1S/C21H31N3/c1-4-7-8-9-10-11-12-21-22-20(6-3)23-24(21)17-19-15-13-18(5-2)14-16-19/h5,13-16H,2,4,6-12,17H2,1,3H3. The molecule has 0 saturated heterocycles. The van der Waals surface area contributed by atoms with Crippen molar-refractivity contribution in [3.05, 3.63) is 53.6 Å². The largest absolute Gasteiger partial charge is 0.245 e. The zero-order valence-corrected chi connectivity index (χ0v) is 15.3. The zero-order valence-electron chi connectivity index (χ0n) is 15.3. The van der Waals surface area contributed by atoms with Crippen LogP contribution in [0.25, 0.3) is 6.08 Å². The van der Waals surface area contributed by atoms with Gasteiger partial charge < -0.3 is 0 Å². The smallest absolute Gasteiger partial charge is 0.150 e. The number of rotatable bonds is 11. The van der Waals surface area contributed by atoms with Crippen LogP contribution in [0, 0.1) is 0 Å². The lowest BCUT2D eigenvalue weighted by Crippen LogP contribution is -2.07. The number of unbranched alkanes of at least 4 members (excludes halogenated alkanes) is 5. The van der Waals surface area contributed by atoms with Crippen LogP contribution in [0.5, 0.6) is 0 Å². The van der Waals surface area contributed by atoms with Gasteiger partial charge in [-0.3, -0.25) is 0 Å². The minimum absolute atomic E-state index is 0.801. The molecule has 1 heterocycles.